The second kappa shape index (κ2) is 5.51. The zero-order chi connectivity index (χ0) is 11.4. The van der Waals surface area contributed by atoms with Gasteiger partial charge in [0, 0.05) is 18.8 Å². The SMILES string of the molecule is Cc1ccnc(Cl)c1NCC1CCCCN1. The van der Waals surface area contributed by atoms with E-state index in [2.05, 4.69) is 15.6 Å². The van der Waals surface area contributed by atoms with Crippen molar-refractivity contribution in [1.29, 1.82) is 0 Å². The molecule has 1 aromatic heterocycles. The lowest BCUT2D eigenvalue weighted by atomic mass is 10.1. The number of aromatic nitrogens is 1. The molecule has 1 aromatic rings. The molecule has 16 heavy (non-hydrogen) atoms. The van der Waals surface area contributed by atoms with Crippen molar-refractivity contribution in [3.63, 3.8) is 0 Å². The highest BCUT2D eigenvalue weighted by molar-refractivity contribution is 6.32. The standard InChI is InChI=1S/C12H18ClN3/c1-9-5-7-15-12(13)11(9)16-8-10-4-2-3-6-14-10/h5,7,10,14,16H,2-4,6,8H2,1H3. The third kappa shape index (κ3) is 2.86. The van der Waals surface area contributed by atoms with E-state index in [-0.39, 0.29) is 0 Å². The van der Waals surface area contributed by atoms with Gasteiger partial charge in [-0.25, -0.2) is 4.98 Å². The Bertz CT molecular complexity index is 328. The van der Waals surface area contributed by atoms with Gasteiger partial charge in [-0.05, 0) is 37.9 Å². The van der Waals surface area contributed by atoms with Crippen LogP contribution in [0.15, 0.2) is 12.3 Å². The fourth-order valence-corrected chi connectivity index (χ4v) is 2.33. The van der Waals surface area contributed by atoms with Crippen molar-refractivity contribution in [3.05, 3.63) is 23.0 Å². The molecule has 3 nitrogen and oxygen atoms in total. The lowest BCUT2D eigenvalue weighted by Crippen LogP contribution is -2.39. The highest BCUT2D eigenvalue weighted by Crippen LogP contribution is 2.22. The predicted molar refractivity (Wildman–Crippen MR) is 68.1 cm³/mol. The minimum Gasteiger partial charge on any atom is -0.381 e. The van der Waals surface area contributed by atoms with Gasteiger partial charge in [0.05, 0.1) is 5.69 Å². The van der Waals surface area contributed by atoms with E-state index in [0.717, 1.165) is 24.3 Å². The minimum absolute atomic E-state index is 0.560. The van der Waals surface area contributed by atoms with Crippen LogP contribution >= 0.6 is 11.6 Å². The van der Waals surface area contributed by atoms with Crippen LogP contribution < -0.4 is 10.6 Å². The van der Waals surface area contributed by atoms with Crippen LogP contribution in [0.4, 0.5) is 5.69 Å². The van der Waals surface area contributed by atoms with E-state index in [9.17, 15) is 0 Å². The van der Waals surface area contributed by atoms with Crippen molar-refractivity contribution in [2.45, 2.75) is 32.2 Å². The second-order valence-electron chi connectivity index (χ2n) is 4.32. The zero-order valence-electron chi connectivity index (χ0n) is 9.59. The third-order valence-corrected chi connectivity index (χ3v) is 3.34. The van der Waals surface area contributed by atoms with Crippen molar-refractivity contribution in [2.75, 3.05) is 18.4 Å². The van der Waals surface area contributed by atoms with Gasteiger partial charge in [0.15, 0.2) is 5.15 Å². The van der Waals surface area contributed by atoms with Gasteiger partial charge in [-0.2, -0.15) is 0 Å². The lowest BCUT2D eigenvalue weighted by molar-refractivity contribution is 0.414. The first kappa shape index (κ1) is 11.7. The van der Waals surface area contributed by atoms with Gasteiger partial charge in [-0.15, -0.1) is 0 Å². The Labute approximate surface area is 102 Å². The summed E-state index contributed by atoms with van der Waals surface area (Å²) in [5.74, 6) is 0. The maximum absolute atomic E-state index is 6.05. The van der Waals surface area contributed by atoms with E-state index < -0.39 is 0 Å². The monoisotopic (exact) mass is 239 g/mol. The van der Waals surface area contributed by atoms with Gasteiger partial charge in [0.1, 0.15) is 0 Å². The molecule has 0 aromatic carbocycles. The summed E-state index contributed by atoms with van der Waals surface area (Å²) in [6.07, 6.45) is 5.59. The molecule has 1 aliphatic rings. The summed E-state index contributed by atoms with van der Waals surface area (Å²) in [6.45, 7) is 4.10. The molecular weight excluding hydrogens is 222 g/mol. The zero-order valence-corrected chi connectivity index (χ0v) is 10.3. The Hall–Kier alpha value is -0.800. The van der Waals surface area contributed by atoms with Crippen molar-refractivity contribution in [1.82, 2.24) is 10.3 Å². The number of hydrogen-bond acceptors (Lipinski definition) is 3. The predicted octanol–water partition coefficient (Wildman–Crippen LogP) is 2.60. The molecule has 0 spiro atoms. The highest BCUT2D eigenvalue weighted by Gasteiger charge is 2.13. The number of nitrogens with one attached hydrogen (secondary N) is 2. The second-order valence-corrected chi connectivity index (χ2v) is 4.68. The molecule has 0 radical (unpaired) electrons. The molecule has 1 fully saturated rings. The van der Waals surface area contributed by atoms with E-state index in [0.29, 0.717) is 11.2 Å². The first-order valence-corrected chi connectivity index (χ1v) is 6.23. The van der Waals surface area contributed by atoms with Crippen LogP contribution in [-0.4, -0.2) is 24.1 Å². The molecule has 2 heterocycles. The van der Waals surface area contributed by atoms with E-state index in [4.69, 9.17) is 11.6 Å². The number of rotatable bonds is 3. The topological polar surface area (TPSA) is 37.0 Å². The molecule has 2 rings (SSSR count). The maximum Gasteiger partial charge on any atom is 0.152 e. The number of piperidine rings is 1. The fraction of sp³-hybridized carbons (Fsp3) is 0.583. The smallest absolute Gasteiger partial charge is 0.152 e. The molecule has 88 valence electrons. The number of anilines is 1. The minimum atomic E-state index is 0.560. The molecular formula is C12H18ClN3. The van der Waals surface area contributed by atoms with Crippen LogP contribution in [0.2, 0.25) is 5.15 Å². The summed E-state index contributed by atoms with van der Waals surface area (Å²) >= 11 is 6.05. The summed E-state index contributed by atoms with van der Waals surface area (Å²) in [6, 6.07) is 2.53. The van der Waals surface area contributed by atoms with Crippen LogP contribution in [0.5, 0.6) is 0 Å². The Morgan fingerprint density at radius 1 is 1.56 bits per heavy atom. The molecule has 4 heteroatoms. The Morgan fingerprint density at radius 2 is 2.44 bits per heavy atom. The first-order valence-electron chi connectivity index (χ1n) is 5.86. The average molecular weight is 240 g/mol. The molecule has 1 aliphatic heterocycles. The van der Waals surface area contributed by atoms with Gasteiger partial charge in [-0.1, -0.05) is 18.0 Å². The van der Waals surface area contributed by atoms with Gasteiger partial charge in [0.2, 0.25) is 0 Å². The number of aryl methyl sites for hydroxylation is 1. The molecule has 0 amide bonds. The van der Waals surface area contributed by atoms with Crippen molar-refractivity contribution >= 4 is 17.3 Å². The normalized spacial score (nSPS) is 20.8. The van der Waals surface area contributed by atoms with E-state index in [1.54, 1.807) is 6.20 Å². The largest absolute Gasteiger partial charge is 0.381 e. The third-order valence-electron chi connectivity index (χ3n) is 3.05. The van der Waals surface area contributed by atoms with Crippen LogP contribution in [0.25, 0.3) is 0 Å². The molecule has 0 aliphatic carbocycles. The summed E-state index contributed by atoms with van der Waals surface area (Å²) in [5, 5.41) is 7.46. The molecule has 2 N–H and O–H groups in total. The highest BCUT2D eigenvalue weighted by atomic mass is 35.5. The summed E-state index contributed by atoms with van der Waals surface area (Å²) < 4.78 is 0. The number of nitrogens with zero attached hydrogens (tertiary/aromatic N) is 1. The average Bonchev–Trinajstić information content (AvgIpc) is 2.30. The lowest BCUT2D eigenvalue weighted by Gasteiger charge is -2.24. The fourth-order valence-electron chi connectivity index (χ4n) is 2.06. The maximum atomic E-state index is 6.05. The van der Waals surface area contributed by atoms with Crippen LogP contribution in [0.3, 0.4) is 0 Å². The van der Waals surface area contributed by atoms with Crippen molar-refractivity contribution < 1.29 is 0 Å². The van der Waals surface area contributed by atoms with E-state index in [1.165, 1.54) is 19.3 Å². The first-order chi connectivity index (χ1) is 7.77. The van der Waals surface area contributed by atoms with E-state index >= 15 is 0 Å². The molecule has 1 atom stereocenters. The number of pyridine rings is 1. The molecule has 0 bridgehead atoms. The van der Waals surface area contributed by atoms with Gasteiger partial charge < -0.3 is 10.6 Å². The molecule has 1 unspecified atom stereocenters. The van der Waals surface area contributed by atoms with Gasteiger partial charge in [-0.3, -0.25) is 0 Å². The number of hydrogen-bond donors (Lipinski definition) is 2. The van der Waals surface area contributed by atoms with Crippen molar-refractivity contribution in [3.8, 4) is 0 Å². The molecule has 0 saturated carbocycles. The Balaban J connectivity index is 1.93. The van der Waals surface area contributed by atoms with Crippen LogP contribution in [-0.2, 0) is 0 Å². The van der Waals surface area contributed by atoms with E-state index in [1.807, 2.05) is 13.0 Å². The Morgan fingerprint density at radius 3 is 3.12 bits per heavy atom. The number of halogens is 1. The summed E-state index contributed by atoms with van der Waals surface area (Å²) in [5.41, 5.74) is 2.12. The van der Waals surface area contributed by atoms with Crippen LogP contribution in [0, 0.1) is 6.92 Å². The van der Waals surface area contributed by atoms with Crippen molar-refractivity contribution in [2.24, 2.45) is 0 Å². The van der Waals surface area contributed by atoms with Gasteiger partial charge in [0.25, 0.3) is 0 Å². The summed E-state index contributed by atoms with van der Waals surface area (Å²) in [7, 11) is 0. The van der Waals surface area contributed by atoms with Crippen LogP contribution in [0.1, 0.15) is 24.8 Å². The summed E-state index contributed by atoms with van der Waals surface area (Å²) in [4.78, 5) is 4.09. The molecule has 1 saturated heterocycles. The Kier molecular flexibility index (Phi) is 4.02. The van der Waals surface area contributed by atoms with Gasteiger partial charge >= 0.3 is 0 Å². The quantitative estimate of drug-likeness (QED) is 0.797.